The first kappa shape index (κ1) is 21.1. The zero-order valence-corrected chi connectivity index (χ0v) is 17.4. The summed E-state index contributed by atoms with van der Waals surface area (Å²) in [4.78, 5) is 24.5. The molecule has 0 fully saturated rings. The lowest BCUT2D eigenvalue weighted by molar-refractivity contribution is 0.104. The number of hydrogen-bond acceptors (Lipinski definition) is 2. The lowest BCUT2D eigenvalue weighted by Gasteiger charge is -2.00. The number of hydrogen-bond donors (Lipinski definition) is 0. The molecule has 0 amide bonds. The van der Waals surface area contributed by atoms with Gasteiger partial charge in [0.05, 0.1) is 15.1 Å². The van der Waals surface area contributed by atoms with Crippen molar-refractivity contribution >= 4 is 58.5 Å². The first-order valence-corrected chi connectivity index (χ1v) is 9.82. The molecule has 0 aromatic heterocycles. The molecule has 0 radical (unpaired) electrons. The highest BCUT2D eigenvalue weighted by Gasteiger charge is 2.06. The van der Waals surface area contributed by atoms with Gasteiger partial charge in [0, 0.05) is 11.1 Å². The van der Waals surface area contributed by atoms with Crippen LogP contribution in [0.1, 0.15) is 31.8 Å². The monoisotopic (exact) mass is 440 g/mol. The van der Waals surface area contributed by atoms with Gasteiger partial charge in [-0.25, -0.2) is 0 Å². The minimum absolute atomic E-state index is 0.160. The Balaban J connectivity index is 1.66. The third-order valence-electron chi connectivity index (χ3n) is 4.13. The quantitative estimate of drug-likeness (QED) is 0.294. The summed E-state index contributed by atoms with van der Waals surface area (Å²) in [5.41, 5.74) is 2.64. The van der Waals surface area contributed by atoms with Crippen LogP contribution in [0.25, 0.3) is 12.2 Å². The fraction of sp³-hybridized carbons (Fsp3) is 0. The number of allylic oxidation sites excluding steroid dienone is 2. The van der Waals surface area contributed by atoms with Gasteiger partial charge in [0.25, 0.3) is 0 Å². The molecule has 3 rings (SSSR count). The van der Waals surface area contributed by atoms with E-state index in [1.54, 1.807) is 54.6 Å². The first-order valence-electron chi connectivity index (χ1n) is 8.68. The van der Waals surface area contributed by atoms with Crippen LogP contribution in [0.2, 0.25) is 15.1 Å². The Morgan fingerprint density at radius 1 is 0.621 bits per heavy atom. The van der Waals surface area contributed by atoms with E-state index in [1.807, 2.05) is 24.3 Å². The Labute approximate surface area is 184 Å². The summed E-state index contributed by atoms with van der Waals surface area (Å²) >= 11 is 17.9. The maximum atomic E-state index is 12.2. The Morgan fingerprint density at radius 2 is 1.21 bits per heavy atom. The third-order valence-corrected chi connectivity index (χ3v) is 5.20. The molecule has 0 spiro atoms. The molecule has 3 aromatic rings. The number of rotatable bonds is 6. The Bertz CT molecular complexity index is 1110. The van der Waals surface area contributed by atoms with E-state index >= 15 is 0 Å². The van der Waals surface area contributed by atoms with E-state index in [2.05, 4.69) is 0 Å². The van der Waals surface area contributed by atoms with Crippen molar-refractivity contribution in [2.24, 2.45) is 0 Å². The minimum Gasteiger partial charge on any atom is -0.289 e. The van der Waals surface area contributed by atoms with E-state index in [4.69, 9.17) is 34.8 Å². The van der Waals surface area contributed by atoms with E-state index < -0.39 is 0 Å². The van der Waals surface area contributed by atoms with Gasteiger partial charge < -0.3 is 0 Å². The van der Waals surface area contributed by atoms with Gasteiger partial charge in [0.1, 0.15) is 0 Å². The topological polar surface area (TPSA) is 34.1 Å². The molecular formula is C24H15Cl3O2. The van der Waals surface area contributed by atoms with Crippen LogP contribution in [0.5, 0.6) is 0 Å². The minimum atomic E-state index is -0.169. The Morgan fingerprint density at radius 3 is 1.79 bits per heavy atom. The van der Waals surface area contributed by atoms with Crippen molar-refractivity contribution in [3.63, 3.8) is 0 Å². The van der Waals surface area contributed by atoms with E-state index in [-0.39, 0.29) is 11.6 Å². The average molecular weight is 442 g/mol. The fourth-order valence-electron chi connectivity index (χ4n) is 2.56. The van der Waals surface area contributed by atoms with Crippen LogP contribution in [-0.4, -0.2) is 11.6 Å². The molecule has 5 heteroatoms. The molecule has 0 heterocycles. The van der Waals surface area contributed by atoms with Crippen molar-refractivity contribution in [3.05, 3.63) is 116 Å². The van der Waals surface area contributed by atoms with Crippen molar-refractivity contribution in [1.29, 1.82) is 0 Å². The number of benzene rings is 3. The van der Waals surface area contributed by atoms with Crippen molar-refractivity contribution < 1.29 is 9.59 Å². The summed E-state index contributed by atoms with van der Waals surface area (Å²) in [5.74, 6) is -0.329. The van der Waals surface area contributed by atoms with E-state index in [0.29, 0.717) is 26.2 Å². The molecule has 0 saturated heterocycles. The maximum absolute atomic E-state index is 12.2. The molecular weight excluding hydrogens is 427 g/mol. The highest BCUT2D eigenvalue weighted by Crippen LogP contribution is 2.23. The van der Waals surface area contributed by atoms with Gasteiger partial charge in [-0.05, 0) is 53.6 Å². The van der Waals surface area contributed by atoms with Gasteiger partial charge in [-0.1, -0.05) is 83.4 Å². The van der Waals surface area contributed by atoms with Crippen molar-refractivity contribution in [2.75, 3.05) is 0 Å². The molecule has 2 nitrogen and oxygen atoms in total. The van der Waals surface area contributed by atoms with Crippen LogP contribution >= 0.6 is 34.8 Å². The van der Waals surface area contributed by atoms with Crippen LogP contribution in [-0.2, 0) is 0 Å². The normalized spacial score (nSPS) is 11.3. The Kier molecular flexibility index (Phi) is 7.05. The van der Waals surface area contributed by atoms with Gasteiger partial charge in [-0.15, -0.1) is 0 Å². The molecule has 0 aliphatic carbocycles. The van der Waals surface area contributed by atoms with Crippen molar-refractivity contribution in [2.45, 2.75) is 0 Å². The molecule has 0 aliphatic heterocycles. The van der Waals surface area contributed by atoms with Crippen LogP contribution in [0.4, 0.5) is 0 Å². The molecule has 0 saturated carbocycles. The summed E-state index contributed by atoms with van der Waals surface area (Å²) in [6, 6.07) is 19.1. The highest BCUT2D eigenvalue weighted by molar-refractivity contribution is 6.42. The fourth-order valence-corrected chi connectivity index (χ4v) is 3.09. The molecule has 3 aromatic carbocycles. The predicted octanol–water partition coefficient (Wildman–Crippen LogP) is 7.44. The molecule has 144 valence electrons. The summed E-state index contributed by atoms with van der Waals surface area (Å²) < 4.78 is 0. The van der Waals surface area contributed by atoms with E-state index in [0.717, 1.165) is 11.1 Å². The molecule has 0 N–H and O–H groups in total. The molecule has 29 heavy (non-hydrogen) atoms. The summed E-state index contributed by atoms with van der Waals surface area (Å²) in [6.07, 6.45) is 6.40. The Hall–Kier alpha value is -2.65. The van der Waals surface area contributed by atoms with Gasteiger partial charge >= 0.3 is 0 Å². The van der Waals surface area contributed by atoms with Crippen molar-refractivity contribution in [1.82, 2.24) is 0 Å². The average Bonchev–Trinajstić information content (AvgIpc) is 2.73. The van der Waals surface area contributed by atoms with Gasteiger partial charge in [-0.2, -0.15) is 0 Å². The largest absolute Gasteiger partial charge is 0.289 e. The smallest absolute Gasteiger partial charge is 0.187 e. The lowest BCUT2D eigenvalue weighted by Crippen LogP contribution is -1.94. The first-order chi connectivity index (χ1) is 13.9. The number of carbonyl (C=O) groups is 2. The summed E-state index contributed by atoms with van der Waals surface area (Å²) in [5, 5.41) is 1.17. The van der Waals surface area contributed by atoms with Crippen molar-refractivity contribution in [3.8, 4) is 0 Å². The second kappa shape index (κ2) is 9.71. The van der Waals surface area contributed by atoms with Crippen LogP contribution in [0.15, 0.2) is 78.9 Å². The molecule has 0 bridgehead atoms. The summed E-state index contributed by atoms with van der Waals surface area (Å²) in [7, 11) is 0. The number of carbonyl (C=O) groups excluding carboxylic acids is 2. The molecule has 0 unspecified atom stereocenters. The van der Waals surface area contributed by atoms with E-state index in [9.17, 15) is 9.59 Å². The maximum Gasteiger partial charge on any atom is 0.187 e. The lowest BCUT2D eigenvalue weighted by atomic mass is 10.1. The highest BCUT2D eigenvalue weighted by atomic mass is 35.5. The van der Waals surface area contributed by atoms with E-state index in [1.165, 1.54) is 12.2 Å². The number of ketones is 2. The summed E-state index contributed by atoms with van der Waals surface area (Å²) in [6.45, 7) is 0. The second-order valence-corrected chi connectivity index (χ2v) is 7.39. The van der Waals surface area contributed by atoms with Gasteiger partial charge in [0.2, 0.25) is 0 Å². The SMILES string of the molecule is O=C(/C=C/c1ccc(/C=C/C(=O)c2ccccc2Cl)cc1)c1ccc(Cl)c(Cl)c1. The van der Waals surface area contributed by atoms with Crippen LogP contribution in [0.3, 0.4) is 0 Å². The standard InChI is InChI=1S/C24H15Cl3O2/c25-20-4-2-1-3-19(20)24(29)14-10-17-7-5-16(6-8-17)9-13-23(28)18-11-12-21(26)22(27)15-18/h1-15H/b13-9+,14-10+. The number of halogens is 3. The third kappa shape index (κ3) is 5.68. The zero-order chi connectivity index (χ0) is 20.8. The zero-order valence-electron chi connectivity index (χ0n) is 15.1. The van der Waals surface area contributed by atoms with Crippen LogP contribution in [0, 0.1) is 0 Å². The predicted molar refractivity (Wildman–Crippen MR) is 121 cm³/mol. The molecule has 0 aliphatic rings. The van der Waals surface area contributed by atoms with Gasteiger partial charge in [0.15, 0.2) is 11.6 Å². The molecule has 0 atom stereocenters. The van der Waals surface area contributed by atoms with Crippen LogP contribution < -0.4 is 0 Å². The second-order valence-electron chi connectivity index (χ2n) is 6.17. The van der Waals surface area contributed by atoms with Gasteiger partial charge in [-0.3, -0.25) is 9.59 Å².